The van der Waals surface area contributed by atoms with Gasteiger partial charge in [-0.1, -0.05) is 24.9 Å². The van der Waals surface area contributed by atoms with Crippen LogP contribution in [-0.2, 0) is 4.79 Å². The second-order valence-corrected chi connectivity index (χ2v) is 6.18. The van der Waals surface area contributed by atoms with E-state index in [1.54, 1.807) is 12.1 Å². The van der Waals surface area contributed by atoms with E-state index in [-0.39, 0.29) is 17.8 Å². The summed E-state index contributed by atoms with van der Waals surface area (Å²) in [4.78, 5) is 14.3. The van der Waals surface area contributed by atoms with Gasteiger partial charge in [-0.3, -0.25) is 15.0 Å². The SMILES string of the molecule is CC1CCCCC1N(C)CC(=O)Nc1nnc(-c2ccco2)o1. The second kappa shape index (κ2) is 6.95. The Balaban J connectivity index is 1.55. The second-order valence-electron chi connectivity index (χ2n) is 6.18. The van der Waals surface area contributed by atoms with Gasteiger partial charge in [-0.25, -0.2) is 0 Å². The molecule has 2 unspecified atom stereocenters. The number of amides is 1. The van der Waals surface area contributed by atoms with Crippen molar-refractivity contribution in [2.75, 3.05) is 18.9 Å². The first-order valence-corrected chi connectivity index (χ1v) is 8.01. The van der Waals surface area contributed by atoms with Crippen LogP contribution in [0.1, 0.15) is 32.6 Å². The van der Waals surface area contributed by atoms with Crippen molar-refractivity contribution in [1.82, 2.24) is 15.1 Å². The van der Waals surface area contributed by atoms with Gasteiger partial charge in [0.05, 0.1) is 12.8 Å². The number of carbonyl (C=O) groups is 1. The minimum atomic E-state index is -0.153. The van der Waals surface area contributed by atoms with E-state index in [4.69, 9.17) is 8.83 Å². The van der Waals surface area contributed by atoms with E-state index < -0.39 is 0 Å². The maximum absolute atomic E-state index is 12.2. The van der Waals surface area contributed by atoms with Crippen molar-refractivity contribution in [3.05, 3.63) is 18.4 Å². The lowest BCUT2D eigenvalue weighted by Gasteiger charge is -2.35. The summed E-state index contributed by atoms with van der Waals surface area (Å²) in [6, 6.07) is 4.00. The van der Waals surface area contributed by atoms with Crippen LogP contribution in [0.5, 0.6) is 0 Å². The predicted octanol–water partition coefficient (Wildman–Crippen LogP) is 2.78. The van der Waals surface area contributed by atoms with Crippen LogP contribution in [0, 0.1) is 5.92 Å². The van der Waals surface area contributed by atoms with E-state index in [2.05, 4.69) is 27.3 Å². The zero-order chi connectivity index (χ0) is 16.2. The summed E-state index contributed by atoms with van der Waals surface area (Å²) in [7, 11) is 1.99. The molecule has 7 heteroatoms. The van der Waals surface area contributed by atoms with E-state index in [0.717, 1.165) is 6.42 Å². The zero-order valence-electron chi connectivity index (χ0n) is 13.5. The molecule has 1 aliphatic carbocycles. The fraction of sp³-hybridized carbons (Fsp3) is 0.562. The van der Waals surface area contributed by atoms with Crippen molar-refractivity contribution >= 4 is 11.9 Å². The van der Waals surface area contributed by atoms with Crippen LogP contribution in [0.4, 0.5) is 6.01 Å². The molecule has 1 saturated carbocycles. The molecule has 0 aliphatic heterocycles. The van der Waals surface area contributed by atoms with Crippen LogP contribution in [-0.4, -0.2) is 40.6 Å². The highest BCUT2D eigenvalue weighted by Gasteiger charge is 2.26. The van der Waals surface area contributed by atoms with Crippen LogP contribution in [0.2, 0.25) is 0 Å². The maximum atomic E-state index is 12.2. The lowest BCUT2D eigenvalue weighted by molar-refractivity contribution is -0.118. The number of rotatable bonds is 5. The van der Waals surface area contributed by atoms with Crippen molar-refractivity contribution in [3.8, 4) is 11.7 Å². The third-order valence-electron chi connectivity index (χ3n) is 4.43. The van der Waals surface area contributed by atoms with Gasteiger partial charge in [0.2, 0.25) is 5.91 Å². The molecule has 0 bridgehead atoms. The highest BCUT2D eigenvalue weighted by atomic mass is 16.4. The summed E-state index contributed by atoms with van der Waals surface area (Å²) in [5.74, 6) is 1.20. The number of hydrogen-bond donors (Lipinski definition) is 1. The molecule has 2 atom stereocenters. The molecule has 23 heavy (non-hydrogen) atoms. The van der Waals surface area contributed by atoms with Crippen molar-refractivity contribution in [3.63, 3.8) is 0 Å². The molecule has 0 saturated heterocycles. The van der Waals surface area contributed by atoms with Gasteiger partial charge in [0.1, 0.15) is 0 Å². The number of nitrogens with zero attached hydrogens (tertiary/aromatic N) is 3. The number of hydrogen-bond acceptors (Lipinski definition) is 6. The quantitative estimate of drug-likeness (QED) is 0.912. The van der Waals surface area contributed by atoms with E-state index in [1.165, 1.54) is 25.5 Å². The molecule has 2 aromatic rings. The number of aromatic nitrogens is 2. The normalized spacial score (nSPS) is 21.5. The van der Waals surface area contributed by atoms with E-state index >= 15 is 0 Å². The Morgan fingerprint density at radius 3 is 2.96 bits per heavy atom. The van der Waals surface area contributed by atoms with Gasteiger partial charge in [0.25, 0.3) is 5.89 Å². The average molecular weight is 318 g/mol. The lowest BCUT2D eigenvalue weighted by Crippen LogP contribution is -2.42. The highest BCUT2D eigenvalue weighted by Crippen LogP contribution is 2.27. The van der Waals surface area contributed by atoms with Gasteiger partial charge >= 0.3 is 6.01 Å². The Bertz CT molecular complexity index is 638. The fourth-order valence-corrected chi connectivity index (χ4v) is 3.23. The molecule has 1 N–H and O–H groups in total. The zero-order valence-corrected chi connectivity index (χ0v) is 13.5. The Morgan fingerprint density at radius 1 is 1.39 bits per heavy atom. The monoisotopic (exact) mass is 318 g/mol. The predicted molar refractivity (Wildman–Crippen MR) is 84.7 cm³/mol. The maximum Gasteiger partial charge on any atom is 0.322 e. The standard InChI is InChI=1S/C16H22N4O3/c1-11-6-3-4-7-12(11)20(2)10-14(21)17-16-19-18-15(23-16)13-8-5-9-22-13/h5,8-9,11-12H,3-4,6-7,10H2,1-2H3,(H,17,19,21). The smallest absolute Gasteiger partial charge is 0.322 e. The van der Waals surface area contributed by atoms with Crippen molar-refractivity contribution < 1.29 is 13.6 Å². The minimum Gasteiger partial charge on any atom is -0.459 e. The summed E-state index contributed by atoms with van der Waals surface area (Å²) in [5, 5.41) is 10.3. The number of carbonyl (C=O) groups excluding carboxylic acids is 1. The van der Waals surface area contributed by atoms with E-state index in [0.29, 0.717) is 24.3 Å². The summed E-state index contributed by atoms with van der Waals surface area (Å²) < 4.78 is 10.6. The van der Waals surface area contributed by atoms with Gasteiger partial charge in [-0.2, -0.15) is 0 Å². The molecule has 2 aromatic heterocycles. The third kappa shape index (κ3) is 3.79. The molecular formula is C16H22N4O3. The molecule has 1 aliphatic rings. The Hall–Kier alpha value is -2.15. The molecule has 3 rings (SSSR count). The molecule has 0 aromatic carbocycles. The molecule has 124 valence electrons. The molecule has 2 heterocycles. The third-order valence-corrected chi connectivity index (χ3v) is 4.43. The van der Waals surface area contributed by atoms with Crippen LogP contribution >= 0.6 is 0 Å². The van der Waals surface area contributed by atoms with E-state index in [1.807, 2.05) is 7.05 Å². The highest BCUT2D eigenvalue weighted by molar-refractivity contribution is 5.90. The van der Waals surface area contributed by atoms with Crippen LogP contribution in [0.3, 0.4) is 0 Å². The van der Waals surface area contributed by atoms with Gasteiger partial charge in [0.15, 0.2) is 5.76 Å². The first kappa shape index (κ1) is 15.7. The van der Waals surface area contributed by atoms with Crippen LogP contribution in [0.15, 0.2) is 27.2 Å². The number of likely N-dealkylation sites (N-methyl/N-ethyl adjacent to an activating group) is 1. The van der Waals surface area contributed by atoms with Crippen molar-refractivity contribution in [2.45, 2.75) is 38.6 Å². The van der Waals surface area contributed by atoms with Gasteiger partial charge < -0.3 is 8.83 Å². The molecule has 7 nitrogen and oxygen atoms in total. The Kier molecular flexibility index (Phi) is 4.76. The van der Waals surface area contributed by atoms with E-state index in [9.17, 15) is 4.79 Å². The summed E-state index contributed by atoms with van der Waals surface area (Å²) in [5.41, 5.74) is 0. The number of nitrogens with one attached hydrogen (secondary N) is 1. The lowest BCUT2D eigenvalue weighted by atomic mass is 9.85. The summed E-state index contributed by atoms with van der Waals surface area (Å²) >= 11 is 0. The number of anilines is 1. The van der Waals surface area contributed by atoms with Gasteiger partial charge in [0, 0.05) is 6.04 Å². The number of furan rings is 1. The molecule has 1 fully saturated rings. The molecule has 0 radical (unpaired) electrons. The topological polar surface area (TPSA) is 84.4 Å². The van der Waals surface area contributed by atoms with Crippen LogP contribution < -0.4 is 5.32 Å². The molecule has 0 spiro atoms. The largest absolute Gasteiger partial charge is 0.459 e. The Labute approximate surface area is 135 Å². The van der Waals surface area contributed by atoms with Gasteiger partial charge in [-0.05, 0) is 37.9 Å². The fourth-order valence-electron chi connectivity index (χ4n) is 3.23. The van der Waals surface area contributed by atoms with Crippen molar-refractivity contribution in [1.29, 1.82) is 0 Å². The van der Waals surface area contributed by atoms with Crippen molar-refractivity contribution in [2.24, 2.45) is 5.92 Å². The molecular weight excluding hydrogens is 296 g/mol. The summed E-state index contributed by atoms with van der Waals surface area (Å²) in [6.45, 7) is 2.57. The summed E-state index contributed by atoms with van der Waals surface area (Å²) in [6.07, 6.45) is 6.42. The first-order chi connectivity index (χ1) is 11.1. The molecule has 1 amide bonds. The first-order valence-electron chi connectivity index (χ1n) is 8.01. The average Bonchev–Trinajstić information content (AvgIpc) is 3.18. The minimum absolute atomic E-state index is 0.0893. The Morgan fingerprint density at radius 2 is 2.22 bits per heavy atom. The van der Waals surface area contributed by atoms with Crippen LogP contribution in [0.25, 0.3) is 11.7 Å². The van der Waals surface area contributed by atoms with Gasteiger partial charge in [-0.15, -0.1) is 5.10 Å².